The van der Waals surface area contributed by atoms with E-state index in [1.165, 1.54) is 43.4 Å². The average Bonchev–Trinajstić information content (AvgIpc) is 2.67. The Balaban J connectivity index is 2.16. The van der Waals surface area contributed by atoms with Crippen molar-refractivity contribution in [3.8, 4) is 0 Å². The van der Waals surface area contributed by atoms with Crippen molar-refractivity contribution in [2.75, 3.05) is 12.3 Å². The first kappa shape index (κ1) is 15.0. The molecule has 18 heavy (non-hydrogen) atoms. The largest absolute Gasteiger partial charge is 0.375 e. The number of hydrogen-bond acceptors (Lipinski definition) is 4. The fourth-order valence-electron chi connectivity index (χ4n) is 1.82. The number of carbonyl (C=O) groups excluding carboxylic acids is 1. The van der Waals surface area contributed by atoms with E-state index in [1.54, 1.807) is 0 Å². The summed E-state index contributed by atoms with van der Waals surface area (Å²) in [4.78, 5) is 16.5. The fraction of sp³-hybridized carbons (Fsp3) is 0.692. The number of hydrogen-bond donors (Lipinski definition) is 2. The first-order chi connectivity index (χ1) is 8.65. The third-order valence-corrected chi connectivity index (χ3v) is 3.82. The smallest absolute Gasteiger partial charge is 0.263 e. The zero-order valence-electron chi connectivity index (χ0n) is 11.3. The van der Waals surface area contributed by atoms with Gasteiger partial charge in [-0.15, -0.1) is 0 Å². The average molecular weight is 269 g/mol. The maximum Gasteiger partial charge on any atom is 0.263 e. The van der Waals surface area contributed by atoms with E-state index in [4.69, 9.17) is 5.73 Å². The summed E-state index contributed by atoms with van der Waals surface area (Å²) in [7, 11) is 0. The van der Waals surface area contributed by atoms with Gasteiger partial charge in [0.25, 0.3) is 5.91 Å². The third-order valence-electron chi connectivity index (χ3n) is 2.84. The number of thiazole rings is 1. The Kier molecular flexibility index (Phi) is 6.72. The van der Waals surface area contributed by atoms with Gasteiger partial charge >= 0.3 is 0 Å². The van der Waals surface area contributed by atoms with Gasteiger partial charge in [0.1, 0.15) is 4.88 Å². The number of nitrogens with zero attached hydrogens (tertiary/aromatic N) is 1. The maximum atomic E-state index is 11.8. The van der Waals surface area contributed by atoms with Crippen molar-refractivity contribution in [2.24, 2.45) is 0 Å². The number of nitrogens with two attached hydrogens (primary N) is 1. The summed E-state index contributed by atoms with van der Waals surface area (Å²) >= 11 is 1.25. The van der Waals surface area contributed by atoms with Crippen LogP contribution in [0.25, 0.3) is 0 Å². The Bertz CT molecular complexity index is 376. The number of anilines is 1. The second kappa shape index (κ2) is 8.08. The lowest BCUT2D eigenvalue weighted by atomic mass is 10.1. The molecule has 0 saturated heterocycles. The predicted molar refractivity (Wildman–Crippen MR) is 77.0 cm³/mol. The van der Waals surface area contributed by atoms with Crippen LogP contribution in [0.1, 0.15) is 60.8 Å². The highest BCUT2D eigenvalue weighted by Crippen LogP contribution is 2.19. The summed E-state index contributed by atoms with van der Waals surface area (Å²) in [5.41, 5.74) is 6.29. The first-order valence-corrected chi connectivity index (χ1v) is 7.48. The van der Waals surface area contributed by atoms with E-state index in [9.17, 15) is 4.79 Å². The first-order valence-electron chi connectivity index (χ1n) is 6.66. The van der Waals surface area contributed by atoms with Crippen LogP contribution in [-0.4, -0.2) is 17.4 Å². The second-order valence-electron chi connectivity index (χ2n) is 4.49. The molecule has 0 saturated carbocycles. The lowest BCUT2D eigenvalue weighted by Crippen LogP contribution is -2.24. The minimum absolute atomic E-state index is 0.0461. The zero-order chi connectivity index (χ0) is 13.4. The molecule has 4 nitrogen and oxygen atoms in total. The van der Waals surface area contributed by atoms with E-state index in [1.807, 2.05) is 6.92 Å². The Morgan fingerprint density at radius 1 is 1.28 bits per heavy atom. The molecule has 0 radical (unpaired) electrons. The van der Waals surface area contributed by atoms with Gasteiger partial charge in [0.2, 0.25) is 0 Å². The number of rotatable bonds is 8. The van der Waals surface area contributed by atoms with Crippen molar-refractivity contribution in [1.29, 1.82) is 0 Å². The zero-order valence-corrected chi connectivity index (χ0v) is 12.1. The van der Waals surface area contributed by atoms with Gasteiger partial charge in [0.15, 0.2) is 5.13 Å². The molecule has 0 aliphatic carbocycles. The van der Waals surface area contributed by atoms with Gasteiger partial charge in [-0.25, -0.2) is 4.98 Å². The van der Waals surface area contributed by atoms with Gasteiger partial charge in [0.05, 0.1) is 5.69 Å². The topological polar surface area (TPSA) is 68.0 Å². The van der Waals surface area contributed by atoms with Crippen molar-refractivity contribution in [2.45, 2.75) is 52.4 Å². The molecule has 0 aliphatic rings. The number of nitrogens with one attached hydrogen (secondary N) is 1. The highest BCUT2D eigenvalue weighted by Gasteiger charge is 2.13. The summed E-state index contributed by atoms with van der Waals surface area (Å²) in [6, 6.07) is 0. The molecule has 0 atom stereocenters. The molecule has 1 amide bonds. The van der Waals surface area contributed by atoms with Crippen molar-refractivity contribution in [3.63, 3.8) is 0 Å². The number of carbonyl (C=O) groups is 1. The van der Waals surface area contributed by atoms with Crippen LogP contribution in [0.15, 0.2) is 0 Å². The monoisotopic (exact) mass is 269 g/mol. The molecular weight excluding hydrogens is 246 g/mol. The normalized spacial score (nSPS) is 10.6. The van der Waals surface area contributed by atoms with E-state index in [0.29, 0.717) is 10.0 Å². The Hall–Kier alpha value is -1.10. The summed E-state index contributed by atoms with van der Waals surface area (Å²) < 4.78 is 0. The van der Waals surface area contributed by atoms with Crippen LogP contribution in [0.3, 0.4) is 0 Å². The van der Waals surface area contributed by atoms with E-state index in [0.717, 1.165) is 18.7 Å². The van der Waals surface area contributed by atoms with Crippen LogP contribution in [0.2, 0.25) is 0 Å². The van der Waals surface area contributed by atoms with Gasteiger partial charge in [-0.3, -0.25) is 4.79 Å². The van der Waals surface area contributed by atoms with Crippen molar-refractivity contribution < 1.29 is 4.79 Å². The Morgan fingerprint density at radius 3 is 2.56 bits per heavy atom. The Morgan fingerprint density at radius 2 is 1.94 bits per heavy atom. The van der Waals surface area contributed by atoms with Crippen molar-refractivity contribution >= 4 is 22.4 Å². The molecule has 0 bridgehead atoms. The van der Waals surface area contributed by atoms with Crippen molar-refractivity contribution in [3.05, 3.63) is 10.6 Å². The number of aryl methyl sites for hydroxylation is 1. The highest BCUT2D eigenvalue weighted by molar-refractivity contribution is 7.17. The molecule has 1 aromatic rings. The molecule has 5 heteroatoms. The van der Waals surface area contributed by atoms with E-state index < -0.39 is 0 Å². The fourth-order valence-corrected chi connectivity index (χ4v) is 2.57. The van der Waals surface area contributed by atoms with Crippen LogP contribution >= 0.6 is 11.3 Å². The van der Waals surface area contributed by atoms with Gasteiger partial charge in [0, 0.05) is 6.54 Å². The molecular formula is C13H23N3OS. The van der Waals surface area contributed by atoms with Crippen LogP contribution in [0.4, 0.5) is 5.13 Å². The molecule has 1 rings (SSSR count). The molecule has 0 unspecified atom stereocenters. The number of unbranched alkanes of at least 4 members (excludes halogenated alkanes) is 5. The summed E-state index contributed by atoms with van der Waals surface area (Å²) in [5, 5.41) is 3.38. The molecule has 0 aliphatic heterocycles. The van der Waals surface area contributed by atoms with Crippen LogP contribution in [0, 0.1) is 6.92 Å². The molecule has 0 aromatic carbocycles. The van der Waals surface area contributed by atoms with Crippen molar-refractivity contribution in [1.82, 2.24) is 10.3 Å². The predicted octanol–water partition coefficient (Wildman–Crippen LogP) is 3.12. The molecule has 1 aromatic heterocycles. The minimum atomic E-state index is -0.0461. The van der Waals surface area contributed by atoms with Crippen LogP contribution in [0.5, 0.6) is 0 Å². The van der Waals surface area contributed by atoms with Gasteiger partial charge in [-0.1, -0.05) is 50.4 Å². The summed E-state index contributed by atoms with van der Waals surface area (Å²) in [6.45, 7) is 4.76. The quantitative estimate of drug-likeness (QED) is 0.712. The molecule has 0 fully saturated rings. The van der Waals surface area contributed by atoms with Crippen LogP contribution < -0.4 is 11.1 Å². The second-order valence-corrected chi connectivity index (χ2v) is 5.52. The summed E-state index contributed by atoms with van der Waals surface area (Å²) in [5.74, 6) is -0.0461. The van der Waals surface area contributed by atoms with E-state index in [-0.39, 0.29) is 5.91 Å². The number of nitrogen functional groups attached to an aromatic ring is 1. The summed E-state index contributed by atoms with van der Waals surface area (Å²) in [6.07, 6.45) is 7.37. The molecule has 102 valence electrons. The maximum absolute atomic E-state index is 11.8. The van der Waals surface area contributed by atoms with Gasteiger partial charge in [-0.05, 0) is 13.3 Å². The van der Waals surface area contributed by atoms with E-state index in [2.05, 4.69) is 17.2 Å². The highest BCUT2D eigenvalue weighted by atomic mass is 32.1. The van der Waals surface area contributed by atoms with Crippen LogP contribution in [-0.2, 0) is 0 Å². The molecule has 1 heterocycles. The molecule has 3 N–H and O–H groups in total. The standard InChI is InChI=1S/C13H23N3OS/c1-3-4-5-6-7-8-9-15-12(17)11-10(2)16-13(14)18-11/h3-9H2,1-2H3,(H2,14,16)(H,15,17). The third kappa shape index (κ3) is 5.04. The lowest BCUT2D eigenvalue weighted by Gasteiger charge is -2.04. The lowest BCUT2D eigenvalue weighted by molar-refractivity contribution is 0.0956. The number of amides is 1. The van der Waals surface area contributed by atoms with Gasteiger partial charge < -0.3 is 11.1 Å². The van der Waals surface area contributed by atoms with Gasteiger partial charge in [-0.2, -0.15) is 0 Å². The SMILES string of the molecule is CCCCCCCCNC(=O)c1sc(N)nc1C. The minimum Gasteiger partial charge on any atom is -0.375 e. The van der Waals surface area contributed by atoms with E-state index >= 15 is 0 Å². The Labute approximate surface area is 113 Å². The molecule has 0 spiro atoms. The number of aromatic nitrogens is 1.